The molecule has 1 nitrogen and oxygen atoms in total. The Bertz CT molecular complexity index is 473. The van der Waals surface area contributed by atoms with E-state index in [-0.39, 0.29) is 0 Å². The quantitative estimate of drug-likeness (QED) is 0.479. The predicted octanol–water partition coefficient (Wildman–Crippen LogP) is 2.27. The number of allylic oxidation sites excluding steroid dienone is 3. The van der Waals surface area contributed by atoms with Gasteiger partial charge >= 0.3 is 0 Å². The number of aromatic nitrogens is 1. The zero-order chi connectivity index (χ0) is 10.4. The largest absolute Gasteiger partial charge is 0.202 e. The number of pyridine rings is 1. The summed E-state index contributed by atoms with van der Waals surface area (Å²) < 4.78 is 2.23. The molecule has 0 radical (unpaired) electrons. The van der Waals surface area contributed by atoms with Crippen LogP contribution in [-0.4, -0.2) is 6.71 Å². The first-order valence-corrected chi connectivity index (χ1v) is 5.61. The van der Waals surface area contributed by atoms with Crippen LogP contribution in [0.5, 0.6) is 0 Å². The minimum Gasteiger partial charge on any atom is -0.202 e. The van der Waals surface area contributed by atoms with E-state index >= 15 is 0 Å². The van der Waals surface area contributed by atoms with E-state index in [4.69, 9.17) is 0 Å². The summed E-state index contributed by atoms with van der Waals surface area (Å²) in [5, 5.41) is 0. The molecule has 1 unspecified atom stereocenters. The number of nitrogens with zero attached hydrogens (tertiary/aromatic N) is 1. The fourth-order valence-electron chi connectivity index (χ4n) is 2.60. The molecule has 1 fully saturated rings. The lowest BCUT2D eigenvalue weighted by Gasteiger charge is -2.09. The zero-order valence-corrected chi connectivity index (χ0v) is 9.27. The Morgan fingerprint density at radius 3 is 3.07 bits per heavy atom. The van der Waals surface area contributed by atoms with Crippen molar-refractivity contribution in [2.24, 2.45) is 7.05 Å². The Balaban J connectivity index is 2.14. The minimum atomic E-state index is 0.795. The van der Waals surface area contributed by atoms with Crippen LogP contribution >= 0.6 is 0 Å². The van der Waals surface area contributed by atoms with E-state index in [1.54, 1.807) is 5.47 Å². The maximum Gasteiger partial charge on any atom is 0.199 e. The van der Waals surface area contributed by atoms with E-state index in [1.165, 1.54) is 17.6 Å². The topological polar surface area (TPSA) is 3.88 Å². The van der Waals surface area contributed by atoms with Crippen molar-refractivity contribution in [1.82, 2.24) is 0 Å². The van der Waals surface area contributed by atoms with Crippen LogP contribution in [0.25, 0.3) is 5.47 Å². The van der Waals surface area contributed by atoms with Crippen LogP contribution in [0, 0.1) is 0 Å². The van der Waals surface area contributed by atoms with Gasteiger partial charge in [-0.3, -0.25) is 0 Å². The summed E-state index contributed by atoms with van der Waals surface area (Å²) in [5.41, 5.74) is 4.38. The van der Waals surface area contributed by atoms with Gasteiger partial charge in [0.15, 0.2) is 18.6 Å². The van der Waals surface area contributed by atoms with Gasteiger partial charge in [0.25, 0.3) is 0 Å². The molecule has 1 saturated heterocycles. The molecular weight excluding hydrogens is 181 g/mol. The van der Waals surface area contributed by atoms with Crippen LogP contribution in [0.4, 0.5) is 0 Å². The van der Waals surface area contributed by atoms with Gasteiger partial charge in [0.1, 0.15) is 7.05 Å². The van der Waals surface area contributed by atoms with E-state index in [2.05, 4.69) is 55.1 Å². The average Bonchev–Trinajstić information content (AvgIpc) is 2.99. The van der Waals surface area contributed by atoms with Crippen molar-refractivity contribution in [2.45, 2.75) is 19.1 Å². The molecule has 2 heteroatoms. The molecule has 0 bridgehead atoms. The highest BCUT2D eigenvalue weighted by Crippen LogP contribution is 2.49. The molecule has 15 heavy (non-hydrogen) atoms. The van der Waals surface area contributed by atoms with Crippen molar-refractivity contribution >= 4 is 12.2 Å². The Labute approximate surface area is 91.2 Å². The van der Waals surface area contributed by atoms with Gasteiger partial charge in [-0.1, -0.05) is 24.0 Å². The van der Waals surface area contributed by atoms with Gasteiger partial charge in [-0.15, -0.1) is 0 Å². The maximum atomic E-state index is 2.37. The Kier molecular flexibility index (Phi) is 1.85. The van der Waals surface area contributed by atoms with Crippen LogP contribution in [-0.2, 0) is 7.05 Å². The molecule has 3 rings (SSSR count). The normalized spacial score (nSPS) is 23.1. The SMILES string of the molecule is CC1=C(c2cccc[n+]2C)B2CC2C=C1. The third-order valence-corrected chi connectivity index (χ3v) is 3.56. The second-order valence-electron chi connectivity index (χ2n) is 4.66. The highest BCUT2D eigenvalue weighted by Gasteiger charge is 2.46. The molecule has 1 atom stereocenters. The number of hydrogen-bond donors (Lipinski definition) is 0. The standard InChI is InChI=1S/C13H15BN/c1-10-6-7-11-9-14(11)13(10)12-5-3-4-8-15(12)2/h3-8,11H,9H2,1-2H3/q+1. The first kappa shape index (κ1) is 8.96. The van der Waals surface area contributed by atoms with E-state index in [0.29, 0.717) is 0 Å². The summed E-state index contributed by atoms with van der Waals surface area (Å²) in [6, 6.07) is 6.45. The van der Waals surface area contributed by atoms with Gasteiger partial charge in [0, 0.05) is 12.1 Å². The molecule has 2 aliphatic rings. The smallest absolute Gasteiger partial charge is 0.199 e. The predicted molar refractivity (Wildman–Crippen MR) is 63.7 cm³/mol. The van der Waals surface area contributed by atoms with E-state index in [0.717, 1.165) is 12.5 Å². The fourth-order valence-corrected chi connectivity index (χ4v) is 2.60. The molecule has 0 saturated carbocycles. The highest BCUT2D eigenvalue weighted by molar-refractivity contribution is 6.90. The van der Waals surface area contributed by atoms with Gasteiger partial charge in [0.05, 0.1) is 0 Å². The number of fused-ring (bicyclic) bond motifs is 1. The molecule has 0 spiro atoms. The summed E-state index contributed by atoms with van der Waals surface area (Å²) in [6.07, 6.45) is 8.13. The first-order valence-electron chi connectivity index (χ1n) is 5.61. The second-order valence-corrected chi connectivity index (χ2v) is 4.66. The lowest BCUT2D eigenvalue weighted by Crippen LogP contribution is -2.33. The molecule has 2 aliphatic heterocycles. The molecule has 0 aromatic carbocycles. The Morgan fingerprint density at radius 1 is 1.40 bits per heavy atom. The number of rotatable bonds is 1. The van der Waals surface area contributed by atoms with Gasteiger partial charge < -0.3 is 0 Å². The first-order chi connectivity index (χ1) is 7.27. The van der Waals surface area contributed by atoms with E-state index in [1.807, 2.05) is 0 Å². The highest BCUT2D eigenvalue weighted by atomic mass is 14.9. The molecule has 3 heterocycles. The van der Waals surface area contributed by atoms with Gasteiger partial charge in [-0.2, -0.15) is 0 Å². The average molecular weight is 196 g/mol. The van der Waals surface area contributed by atoms with Crippen molar-refractivity contribution in [1.29, 1.82) is 0 Å². The van der Waals surface area contributed by atoms with Gasteiger partial charge in [-0.25, -0.2) is 4.57 Å². The Hall–Kier alpha value is -1.31. The van der Waals surface area contributed by atoms with Crippen LogP contribution in [0.2, 0.25) is 12.1 Å². The lowest BCUT2D eigenvalue weighted by atomic mass is 9.55. The monoisotopic (exact) mass is 196 g/mol. The third-order valence-electron chi connectivity index (χ3n) is 3.56. The second kappa shape index (κ2) is 3.09. The van der Waals surface area contributed by atoms with E-state index < -0.39 is 0 Å². The van der Waals surface area contributed by atoms with Crippen LogP contribution < -0.4 is 4.57 Å². The Morgan fingerprint density at radius 2 is 2.27 bits per heavy atom. The molecule has 0 N–H and O–H groups in total. The summed E-state index contributed by atoms with van der Waals surface area (Å²) >= 11 is 0. The van der Waals surface area contributed by atoms with Crippen molar-refractivity contribution in [3.05, 3.63) is 47.8 Å². The van der Waals surface area contributed by atoms with Crippen molar-refractivity contribution in [3.63, 3.8) is 0 Å². The summed E-state index contributed by atoms with van der Waals surface area (Å²) in [5.74, 6) is 0.823. The number of aryl methyl sites for hydroxylation is 1. The number of hydrogen-bond acceptors (Lipinski definition) is 0. The van der Waals surface area contributed by atoms with E-state index in [9.17, 15) is 0 Å². The molecular formula is C13H15BN+. The lowest BCUT2D eigenvalue weighted by molar-refractivity contribution is -0.673. The van der Waals surface area contributed by atoms with Gasteiger partial charge in [-0.05, 0) is 24.3 Å². The molecule has 74 valence electrons. The van der Waals surface area contributed by atoms with Crippen LogP contribution in [0.1, 0.15) is 12.6 Å². The molecule has 1 aromatic rings. The maximum absolute atomic E-state index is 2.37. The molecule has 0 amide bonds. The van der Waals surface area contributed by atoms with Crippen molar-refractivity contribution in [2.75, 3.05) is 0 Å². The summed E-state index contributed by atoms with van der Waals surface area (Å²) in [6.45, 7) is 3.02. The minimum absolute atomic E-state index is 0.795. The van der Waals surface area contributed by atoms with Crippen molar-refractivity contribution < 1.29 is 4.57 Å². The molecule has 0 aliphatic carbocycles. The zero-order valence-electron chi connectivity index (χ0n) is 9.27. The van der Waals surface area contributed by atoms with Crippen molar-refractivity contribution in [3.8, 4) is 0 Å². The molecule has 1 aromatic heterocycles. The third kappa shape index (κ3) is 1.36. The summed E-state index contributed by atoms with van der Waals surface area (Å²) in [7, 11) is 2.13. The van der Waals surface area contributed by atoms with Gasteiger partial charge in [0.2, 0.25) is 0 Å². The van der Waals surface area contributed by atoms with Crippen LogP contribution in [0.15, 0.2) is 42.1 Å². The fraction of sp³-hybridized carbons (Fsp3) is 0.308. The summed E-state index contributed by atoms with van der Waals surface area (Å²) in [4.78, 5) is 0. The van der Waals surface area contributed by atoms with Crippen LogP contribution in [0.3, 0.4) is 0 Å².